The van der Waals surface area contributed by atoms with E-state index >= 15 is 0 Å². The average molecular weight is 472 g/mol. The van der Waals surface area contributed by atoms with Gasteiger partial charge in [-0.05, 0) is 61.0 Å². The summed E-state index contributed by atoms with van der Waals surface area (Å²) in [7, 11) is 1.61. The van der Waals surface area contributed by atoms with Crippen molar-refractivity contribution in [2.24, 2.45) is 0 Å². The van der Waals surface area contributed by atoms with Gasteiger partial charge in [0.15, 0.2) is 0 Å². The third-order valence-electron chi connectivity index (χ3n) is 5.64. The number of hydrogen-bond donors (Lipinski definition) is 0. The number of nitrogens with zero attached hydrogens (tertiary/aromatic N) is 5. The SMILES string of the molecule is CCCCOc1ccc(-c2cc3c(=O)n(Cc4nc(-c5ccc(OC)cc5)no4)ccn3n2)cc1. The van der Waals surface area contributed by atoms with Gasteiger partial charge in [0.2, 0.25) is 11.7 Å². The Bertz CT molecular complexity index is 1480. The molecule has 178 valence electrons. The molecule has 0 aliphatic carbocycles. The zero-order valence-corrected chi connectivity index (χ0v) is 19.5. The molecule has 0 bridgehead atoms. The van der Waals surface area contributed by atoms with Crippen LogP contribution in [0, 0.1) is 0 Å². The number of rotatable bonds is 9. The lowest BCUT2D eigenvalue weighted by atomic mass is 10.1. The molecule has 0 N–H and O–H groups in total. The summed E-state index contributed by atoms with van der Waals surface area (Å²) in [5.41, 5.74) is 2.67. The van der Waals surface area contributed by atoms with Gasteiger partial charge in [-0.3, -0.25) is 4.79 Å². The summed E-state index contributed by atoms with van der Waals surface area (Å²) in [6.45, 7) is 2.99. The van der Waals surface area contributed by atoms with E-state index in [2.05, 4.69) is 22.2 Å². The van der Waals surface area contributed by atoms with Crippen LogP contribution in [0.15, 0.2) is 76.3 Å². The minimum atomic E-state index is -0.199. The lowest BCUT2D eigenvalue weighted by Gasteiger charge is -2.05. The van der Waals surface area contributed by atoms with Crippen molar-refractivity contribution >= 4 is 5.52 Å². The van der Waals surface area contributed by atoms with Crippen LogP contribution in [0.3, 0.4) is 0 Å². The summed E-state index contributed by atoms with van der Waals surface area (Å²) >= 11 is 0. The molecule has 3 aromatic heterocycles. The normalized spacial score (nSPS) is 11.1. The molecule has 9 heteroatoms. The number of methoxy groups -OCH3 is 1. The first-order valence-electron chi connectivity index (χ1n) is 11.4. The van der Waals surface area contributed by atoms with Gasteiger partial charge in [-0.25, -0.2) is 4.52 Å². The van der Waals surface area contributed by atoms with Gasteiger partial charge in [0, 0.05) is 23.5 Å². The first-order valence-corrected chi connectivity index (χ1v) is 11.4. The molecule has 2 aromatic carbocycles. The van der Waals surface area contributed by atoms with Gasteiger partial charge in [0.1, 0.15) is 23.6 Å². The van der Waals surface area contributed by atoms with Gasteiger partial charge in [-0.1, -0.05) is 18.5 Å². The Morgan fingerprint density at radius 3 is 2.46 bits per heavy atom. The Labute approximate surface area is 201 Å². The molecular formula is C26H25N5O4. The fourth-order valence-corrected chi connectivity index (χ4v) is 3.67. The molecule has 0 saturated carbocycles. The van der Waals surface area contributed by atoms with E-state index < -0.39 is 0 Å². The van der Waals surface area contributed by atoms with Crippen LogP contribution in [0.25, 0.3) is 28.2 Å². The predicted molar refractivity (Wildman–Crippen MR) is 131 cm³/mol. The van der Waals surface area contributed by atoms with E-state index in [4.69, 9.17) is 14.0 Å². The van der Waals surface area contributed by atoms with E-state index in [0.29, 0.717) is 29.5 Å². The zero-order valence-electron chi connectivity index (χ0n) is 19.5. The Balaban J connectivity index is 1.35. The monoisotopic (exact) mass is 471 g/mol. The quantitative estimate of drug-likeness (QED) is 0.293. The second-order valence-electron chi connectivity index (χ2n) is 8.06. The van der Waals surface area contributed by atoms with E-state index in [9.17, 15) is 4.79 Å². The molecule has 0 spiro atoms. The van der Waals surface area contributed by atoms with Gasteiger partial charge in [0.05, 0.1) is 19.4 Å². The van der Waals surface area contributed by atoms with Crippen LogP contribution >= 0.6 is 0 Å². The van der Waals surface area contributed by atoms with E-state index in [-0.39, 0.29) is 12.1 Å². The fraction of sp³-hybridized carbons (Fsp3) is 0.231. The van der Waals surface area contributed by atoms with Crippen LogP contribution in [0.1, 0.15) is 25.7 Å². The number of fused-ring (bicyclic) bond motifs is 1. The molecule has 0 unspecified atom stereocenters. The van der Waals surface area contributed by atoms with Crippen LogP contribution in [0.4, 0.5) is 0 Å². The molecule has 0 fully saturated rings. The van der Waals surface area contributed by atoms with Crippen molar-refractivity contribution in [1.82, 2.24) is 24.3 Å². The fourth-order valence-electron chi connectivity index (χ4n) is 3.67. The Morgan fingerprint density at radius 2 is 1.71 bits per heavy atom. The molecule has 0 atom stereocenters. The number of benzene rings is 2. The van der Waals surface area contributed by atoms with Gasteiger partial charge >= 0.3 is 0 Å². The first kappa shape index (κ1) is 22.4. The number of hydrogen-bond acceptors (Lipinski definition) is 7. The Morgan fingerprint density at radius 1 is 0.971 bits per heavy atom. The van der Waals surface area contributed by atoms with Crippen molar-refractivity contribution in [3.05, 3.63) is 83.2 Å². The van der Waals surface area contributed by atoms with Gasteiger partial charge in [-0.15, -0.1) is 0 Å². The second kappa shape index (κ2) is 9.84. The third kappa shape index (κ3) is 4.79. The molecule has 5 aromatic rings. The highest BCUT2D eigenvalue weighted by molar-refractivity contribution is 5.66. The van der Waals surface area contributed by atoms with Crippen molar-refractivity contribution in [2.75, 3.05) is 13.7 Å². The van der Waals surface area contributed by atoms with Crippen molar-refractivity contribution in [1.29, 1.82) is 0 Å². The van der Waals surface area contributed by atoms with Crippen molar-refractivity contribution in [2.45, 2.75) is 26.3 Å². The maximum atomic E-state index is 13.1. The van der Waals surface area contributed by atoms with E-state index in [1.807, 2.05) is 48.5 Å². The van der Waals surface area contributed by atoms with Crippen molar-refractivity contribution in [3.8, 4) is 34.1 Å². The second-order valence-corrected chi connectivity index (χ2v) is 8.06. The number of ether oxygens (including phenoxy) is 2. The maximum absolute atomic E-state index is 13.1. The average Bonchev–Trinajstić information content (AvgIpc) is 3.54. The lowest BCUT2D eigenvalue weighted by Crippen LogP contribution is -2.21. The first-order chi connectivity index (χ1) is 17.1. The van der Waals surface area contributed by atoms with Crippen molar-refractivity contribution in [3.63, 3.8) is 0 Å². The Kier molecular flexibility index (Phi) is 6.30. The summed E-state index contributed by atoms with van der Waals surface area (Å²) in [5, 5.41) is 8.59. The van der Waals surface area contributed by atoms with E-state index in [1.165, 1.54) is 4.57 Å². The van der Waals surface area contributed by atoms with Gasteiger partial charge in [0.25, 0.3) is 5.56 Å². The molecule has 0 radical (unpaired) electrons. The topological polar surface area (TPSA) is 96.7 Å². The minimum Gasteiger partial charge on any atom is -0.497 e. The molecule has 35 heavy (non-hydrogen) atoms. The maximum Gasteiger partial charge on any atom is 0.277 e. The lowest BCUT2D eigenvalue weighted by molar-refractivity contribution is 0.309. The van der Waals surface area contributed by atoms with E-state index in [1.54, 1.807) is 30.1 Å². The number of aromatic nitrogens is 5. The number of unbranched alkanes of at least 4 members (excludes halogenated alkanes) is 1. The molecule has 3 heterocycles. The highest BCUT2D eigenvalue weighted by atomic mass is 16.5. The Hall–Kier alpha value is -4.40. The zero-order chi connectivity index (χ0) is 24.2. The molecule has 9 nitrogen and oxygen atoms in total. The molecule has 5 rings (SSSR count). The molecule has 0 aliphatic heterocycles. The van der Waals surface area contributed by atoms with E-state index in [0.717, 1.165) is 35.5 Å². The minimum absolute atomic E-state index is 0.156. The summed E-state index contributed by atoms with van der Waals surface area (Å²) in [4.78, 5) is 17.5. The highest BCUT2D eigenvalue weighted by Crippen LogP contribution is 2.23. The summed E-state index contributed by atoms with van der Waals surface area (Å²) in [6.07, 6.45) is 5.51. The molecular weight excluding hydrogens is 446 g/mol. The summed E-state index contributed by atoms with van der Waals surface area (Å²) in [6, 6.07) is 16.9. The molecule has 0 amide bonds. The van der Waals surface area contributed by atoms with Gasteiger partial charge < -0.3 is 18.6 Å². The van der Waals surface area contributed by atoms with Crippen LogP contribution in [-0.2, 0) is 6.54 Å². The smallest absolute Gasteiger partial charge is 0.277 e. The summed E-state index contributed by atoms with van der Waals surface area (Å²) < 4.78 is 19.4. The molecule has 0 saturated heterocycles. The van der Waals surface area contributed by atoms with Gasteiger partial charge in [-0.2, -0.15) is 10.1 Å². The van der Waals surface area contributed by atoms with Crippen LogP contribution in [0.2, 0.25) is 0 Å². The largest absolute Gasteiger partial charge is 0.497 e. The van der Waals surface area contributed by atoms with Crippen LogP contribution in [-0.4, -0.2) is 38.0 Å². The summed E-state index contributed by atoms with van der Waals surface area (Å²) in [5.74, 6) is 2.35. The highest BCUT2D eigenvalue weighted by Gasteiger charge is 2.13. The standard InChI is InChI=1S/C26H25N5O4/c1-3-4-15-34-21-11-5-18(6-12-21)22-16-23-26(32)30(13-14-31(23)28-22)17-24-27-25(29-35-24)19-7-9-20(33-2)10-8-19/h5-14,16H,3-4,15,17H2,1-2H3. The molecule has 0 aliphatic rings. The van der Waals surface area contributed by atoms with Crippen LogP contribution < -0.4 is 15.0 Å². The van der Waals surface area contributed by atoms with Crippen LogP contribution in [0.5, 0.6) is 11.5 Å². The van der Waals surface area contributed by atoms with Crippen molar-refractivity contribution < 1.29 is 14.0 Å². The third-order valence-corrected chi connectivity index (χ3v) is 5.64. The predicted octanol–water partition coefficient (Wildman–Crippen LogP) is 4.45.